The van der Waals surface area contributed by atoms with Gasteiger partial charge in [-0.2, -0.15) is 0 Å². The van der Waals surface area contributed by atoms with Gasteiger partial charge in [0.05, 0.1) is 13.2 Å². The molecule has 1 aliphatic rings. The first kappa shape index (κ1) is 13.1. The van der Waals surface area contributed by atoms with E-state index in [0.29, 0.717) is 5.92 Å². The topological polar surface area (TPSA) is 18.5 Å². The molecule has 0 unspecified atom stereocenters. The van der Waals surface area contributed by atoms with E-state index in [1.165, 1.54) is 0 Å². The van der Waals surface area contributed by atoms with Gasteiger partial charge in [-0.05, 0) is 17.5 Å². The quantitative estimate of drug-likeness (QED) is 0.705. The van der Waals surface area contributed by atoms with Crippen LogP contribution in [0.15, 0.2) is 24.3 Å². The molecule has 0 radical (unpaired) electrons. The molecule has 0 amide bonds. The van der Waals surface area contributed by atoms with E-state index in [9.17, 15) is 0 Å². The number of benzene rings is 1. The van der Waals surface area contributed by atoms with Gasteiger partial charge in [-0.1, -0.05) is 38.8 Å². The summed E-state index contributed by atoms with van der Waals surface area (Å²) in [6.45, 7) is 8.13. The van der Waals surface area contributed by atoms with Crippen molar-refractivity contribution in [1.82, 2.24) is 0 Å². The van der Waals surface area contributed by atoms with E-state index in [4.69, 9.17) is 15.9 Å². The lowest BCUT2D eigenvalue weighted by Gasteiger charge is -2.37. The van der Waals surface area contributed by atoms with Gasteiger partial charge in [0.25, 0.3) is 0 Å². The highest BCUT2D eigenvalue weighted by atomic mass is 16.7. The van der Waals surface area contributed by atoms with Crippen molar-refractivity contribution in [1.29, 1.82) is 0 Å². The third-order valence-electron chi connectivity index (χ3n) is 3.47. The Hall–Kier alpha value is -1.30. The summed E-state index contributed by atoms with van der Waals surface area (Å²) in [4.78, 5) is 0. The maximum Gasteiger partial charge on any atom is 0.183 e. The number of terminal acetylenes is 1. The van der Waals surface area contributed by atoms with Crippen molar-refractivity contribution in [2.45, 2.75) is 27.1 Å². The molecule has 0 atom stereocenters. The largest absolute Gasteiger partial charge is 0.348 e. The number of rotatable bonds is 1. The fourth-order valence-corrected chi connectivity index (χ4v) is 1.93. The van der Waals surface area contributed by atoms with Gasteiger partial charge >= 0.3 is 0 Å². The molecule has 0 aromatic heterocycles. The Labute approximate surface area is 109 Å². The molecule has 0 N–H and O–H groups in total. The van der Waals surface area contributed by atoms with E-state index in [-0.39, 0.29) is 11.7 Å². The summed E-state index contributed by atoms with van der Waals surface area (Å²) in [5.74, 6) is 3.05. The summed E-state index contributed by atoms with van der Waals surface area (Å²) in [6.07, 6.45) is 5.08. The van der Waals surface area contributed by atoms with E-state index < -0.39 is 0 Å². The van der Waals surface area contributed by atoms with Crippen molar-refractivity contribution < 1.29 is 9.47 Å². The SMILES string of the molecule is C#Cc1ccc(C2OCC(C(C)(C)C)CO2)cc1. The molecule has 2 rings (SSSR count). The third-order valence-corrected chi connectivity index (χ3v) is 3.47. The minimum absolute atomic E-state index is 0.221. The molecule has 18 heavy (non-hydrogen) atoms. The van der Waals surface area contributed by atoms with Gasteiger partial charge in [-0.15, -0.1) is 6.42 Å². The number of ether oxygens (including phenoxy) is 2. The van der Waals surface area contributed by atoms with Crippen LogP contribution in [0.4, 0.5) is 0 Å². The predicted molar refractivity (Wildman–Crippen MR) is 72.0 cm³/mol. The Balaban J connectivity index is 1.99. The van der Waals surface area contributed by atoms with Gasteiger partial charge in [0.1, 0.15) is 0 Å². The van der Waals surface area contributed by atoms with Crippen molar-refractivity contribution in [3.8, 4) is 12.3 Å². The molecule has 2 nitrogen and oxygen atoms in total. The van der Waals surface area contributed by atoms with E-state index in [2.05, 4.69) is 26.7 Å². The zero-order chi connectivity index (χ0) is 13.2. The van der Waals surface area contributed by atoms with Gasteiger partial charge in [0, 0.05) is 17.0 Å². The molecule has 1 aromatic carbocycles. The van der Waals surface area contributed by atoms with Crippen LogP contribution >= 0.6 is 0 Å². The van der Waals surface area contributed by atoms with Crippen LogP contribution in [-0.2, 0) is 9.47 Å². The summed E-state index contributed by atoms with van der Waals surface area (Å²) in [6, 6.07) is 7.77. The van der Waals surface area contributed by atoms with E-state index in [1.807, 2.05) is 24.3 Å². The normalized spacial score (nSPS) is 24.6. The van der Waals surface area contributed by atoms with Crippen molar-refractivity contribution >= 4 is 0 Å². The van der Waals surface area contributed by atoms with Gasteiger partial charge in [0.15, 0.2) is 6.29 Å². The van der Waals surface area contributed by atoms with Crippen molar-refractivity contribution in [2.75, 3.05) is 13.2 Å². The average molecular weight is 244 g/mol. The van der Waals surface area contributed by atoms with Crippen LogP contribution in [-0.4, -0.2) is 13.2 Å². The van der Waals surface area contributed by atoms with E-state index in [0.717, 1.165) is 24.3 Å². The molecule has 1 fully saturated rings. The Bertz CT molecular complexity index is 426. The van der Waals surface area contributed by atoms with Gasteiger partial charge in [-0.3, -0.25) is 0 Å². The molecular weight excluding hydrogens is 224 g/mol. The molecule has 0 saturated carbocycles. The van der Waals surface area contributed by atoms with Crippen LogP contribution in [0.2, 0.25) is 0 Å². The molecular formula is C16H20O2. The molecule has 1 heterocycles. The van der Waals surface area contributed by atoms with Crippen LogP contribution in [0.1, 0.15) is 38.2 Å². The van der Waals surface area contributed by atoms with Gasteiger partial charge in [0.2, 0.25) is 0 Å². The standard InChI is InChI=1S/C16H20O2/c1-5-12-6-8-13(9-7-12)15-17-10-14(11-18-15)16(2,3)4/h1,6-9,14-15H,10-11H2,2-4H3. The van der Waals surface area contributed by atoms with Gasteiger partial charge in [-0.25, -0.2) is 0 Å². The molecule has 96 valence electrons. The van der Waals surface area contributed by atoms with E-state index in [1.54, 1.807) is 0 Å². The number of hydrogen-bond donors (Lipinski definition) is 0. The summed E-state index contributed by atoms with van der Waals surface area (Å²) in [5, 5.41) is 0. The van der Waals surface area contributed by atoms with Crippen LogP contribution in [0.3, 0.4) is 0 Å². The molecule has 1 aliphatic heterocycles. The Kier molecular flexibility index (Phi) is 3.75. The second-order valence-electron chi connectivity index (χ2n) is 5.83. The van der Waals surface area contributed by atoms with Crippen molar-refractivity contribution in [3.05, 3.63) is 35.4 Å². The second-order valence-corrected chi connectivity index (χ2v) is 5.83. The highest BCUT2D eigenvalue weighted by molar-refractivity contribution is 5.34. The lowest BCUT2D eigenvalue weighted by Crippen LogP contribution is -2.35. The first-order valence-corrected chi connectivity index (χ1v) is 6.30. The minimum atomic E-state index is -0.254. The Morgan fingerprint density at radius 1 is 1.11 bits per heavy atom. The first-order valence-electron chi connectivity index (χ1n) is 6.30. The molecule has 2 heteroatoms. The minimum Gasteiger partial charge on any atom is -0.348 e. The third kappa shape index (κ3) is 2.93. The lowest BCUT2D eigenvalue weighted by atomic mass is 9.81. The van der Waals surface area contributed by atoms with Gasteiger partial charge < -0.3 is 9.47 Å². The Morgan fingerprint density at radius 2 is 1.67 bits per heavy atom. The zero-order valence-corrected chi connectivity index (χ0v) is 11.3. The highest BCUT2D eigenvalue weighted by Gasteiger charge is 2.31. The second kappa shape index (κ2) is 5.14. The number of hydrogen-bond acceptors (Lipinski definition) is 2. The molecule has 0 aliphatic carbocycles. The maximum absolute atomic E-state index is 5.80. The monoisotopic (exact) mass is 244 g/mol. The molecule has 0 spiro atoms. The molecule has 1 aromatic rings. The fourth-order valence-electron chi connectivity index (χ4n) is 1.93. The first-order chi connectivity index (χ1) is 8.50. The Morgan fingerprint density at radius 3 is 2.11 bits per heavy atom. The summed E-state index contributed by atoms with van der Waals surface area (Å²) in [7, 11) is 0. The molecule has 0 bridgehead atoms. The smallest absolute Gasteiger partial charge is 0.183 e. The van der Waals surface area contributed by atoms with E-state index >= 15 is 0 Å². The van der Waals surface area contributed by atoms with Crippen LogP contribution in [0.25, 0.3) is 0 Å². The van der Waals surface area contributed by atoms with Crippen LogP contribution in [0.5, 0.6) is 0 Å². The van der Waals surface area contributed by atoms with Crippen LogP contribution in [0, 0.1) is 23.7 Å². The molecule has 1 saturated heterocycles. The fraction of sp³-hybridized carbons (Fsp3) is 0.500. The predicted octanol–water partition coefficient (Wildman–Crippen LogP) is 3.38. The van der Waals surface area contributed by atoms with Crippen molar-refractivity contribution in [2.24, 2.45) is 11.3 Å². The van der Waals surface area contributed by atoms with Crippen LogP contribution < -0.4 is 0 Å². The summed E-state index contributed by atoms with van der Waals surface area (Å²) >= 11 is 0. The summed E-state index contributed by atoms with van der Waals surface area (Å²) in [5.41, 5.74) is 2.13. The summed E-state index contributed by atoms with van der Waals surface area (Å²) < 4.78 is 11.6. The maximum atomic E-state index is 5.80. The van der Waals surface area contributed by atoms with Crippen molar-refractivity contribution in [3.63, 3.8) is 0 Å². The highest BCUT2D eigenvalue weighted by Crippen LogP contribution is 2.33. The lowest BCUT2D eigenvalue weighted by molar-refractivity contribution is -0.219. The zero-order valence-electron chi connectivity index (χ0n) is 11.3. The average Bonchev–Trinajstić information content (AvgIpc) is 2.38.